The van der Waals surface area contributed by atoms with E-state index in [9.17, 15) is 0 Å². The smallest absolute Gasteiger partial charge is 0.156 e. The highest BCUT2D eigenvalue weighted by Crippen LogP contribution is 2.10. The fourth-order valence-corrected chi connectivity index (χ4v) is 0.977. The molecule has 1 aromatic heterocycles. The topological polar surface area (TPSA) is 50.7 Å². The molecule has 2 rings (SSSR count). The van der Waals surface area contributed by atoms with Gasteiger partial charge in [0.25, 0.3) is 0 Å². The van der Waals surface area contributed by atoms with Gasteiger partial charge < -0.3 is 5.32 Å². The zero-order valence-corrected chi connectivity index (χ0v) is 6.88. The Bertz CT molecular complexity index is 322. The highest BCUT2D eigenvalue weighted by Gasteiger charge is 1.92. The largest absolute Gasteiger partial charge is 0.339 e. The maximum absolute atomic E-state index is 3.80. The molecule has 1 aromatic carbocycles. The minimum atomic E-state index is 0.696. The van der Waals surface area contributed by atoms with Gasteiger partial charge in [-0.15, -0.1) is 10.2 Å². The maximum Gasteiger partial charge on any atom is 0.156 e. The molecule has 0 radical (unpaired) electrons. The van der Waals surface area contributed by atoms with Crippen LogP contribution in [0.4, 0.5) is 11.5 Å². The van der Waals surface area contributed by atoms with Gasteiger partial charge in [-0.25, -0.2) is 0 Å². The van der Waals surface area contributed by atoms with Crippen molar-refractivity contribution in [2.24, 2.45) is 0 Å². The van der Waals surface area contributed by atoms with Gasteiger partial charge in [0, 0.05) is 11.8 Å². The van der Waals surface area contributed by atoms with Gasteiger partial charge in [-0.05, 0) is 17.3 Å². The van der Waals surface area contributed by atoms with Crippen molar-refractivity contribution in [2.75, 3.05) is 5.32 Å². The average Bonchev–Trinajstić information content (AvgIpc) is 2.21. The monoisotopic (exact) mass is 172 g/mol. The van der Waals surface area contributed by atoms with Crippen LogP contribution in [0.15, 0.2) is 42.6 Å². The SMILES string of the molecule is c1ccc(Nc2ccnnn2)cc1. The first-order chi connectivity index (χ1) is 6.45. The number of hydrogen-bond acceptors (Lipinski definition) is 4. The third kappa shape index (κ3) is 1.99. The molecule has 0 aliphatic rings. The molecule has 0 aliphatic heterocycles. The molecule has 0 fully saturated rings. The van der Waals surface area contributed by atoms with E-state index in [0.717, 1.165) is 5.69 Å². The fraction of sp³-hybridized carbons (Fsp3) is 0. The molecule has 64 valence electrons. The van der Waals surface area contributed by atoms with Crippen LogP contribution in [0.5, 0.6) is 0 Å². The second-order valence-electron chi connectivity index (χ2n) is 2.50. The molecular formula is C9H8N4. The molecule has 0 atom stereocenters. The first-order valence-electron chi connectivity index (χ1n) is 3.91. The van der Waals surface area contributed by atoms with Crippen molar-refractivity contribution < 1.29 is 0 Å². The van der Waals surface area contributed by atoms with Gasteiger partial charge in [-0.1, -0.05) is 18.2 Å². The molecule has 0 bridgehead atoms. The summed E-state index contributed by atoms with van der Waals surface area (Å²) in [6, 6.07) is 11.6. The molecule has 4 nitrogen and oxygen atoms in total. The summed E-state index contributed by atoms with van der Waals surface area (Å²) in [5.74, 6) is 0.696. The third-order valence-corrected chi connectivity index (χ3v) is 1.55. The van der Waals surface area contributed by atoms with Gasteiger partial charge in [0.05, 0.1) is 6.20 Å². The van der Waals surface area contributed by atoms with Crippen LogP contribution in [0.2, 0.25) is 0 Å². The second kappa shape index (κ2) is 3.62. The average molecular weight is 172 g/mol. The Labute approximate surface area is 75.6 Å². The van der Waals surface area contributed by atoms with Crippen LogP contribution < -0.4 is 5.32 Å². The highest BCUT2D eigenvalue weighted by molar-refractivity contribution is 5.54. The number of nitrogens with zero attached hydrogens (tertiary/aromatic N) is 3. The van der Waals surface area contributed by atoms with E-state index in [-0.39, 0.29) is 0 Å². The molecule has 1 N–H and O–H groups in total. The van der Waals surface area contributed by atoms with E-state index in [1.807, 2.05) is 30.3 Å². The highest BCUT2D eigenvalue weighted by atomic mass is 15.3. The molecular weight excluding hydrogens is 164 g/mol. The van der Waals surface area contributed by atoms with E-state index < -0.39 is 0 Å². The number of hydrogen-bond donors (Lipinski definition) is 1. The quantitative estimate of drug-likeness (QED) is 0.747. The number of anilines is 2. The summed E-state index contributed by atoms with van der Waals surface area (Å²) in [4.78, 5) is 0. The first-order valence-corrected chi connectivity index (χ1v) is 3.91. The van der Waals surface area contributed by atoms with E-state index in [0.29, 0.717) is 5.82 Å². The third-order valence-electron chi connectivity index (χ3n) is 1.55. The van der Waals surface area contributed by atoms with E-state index in [1.54, 1.807) is 12.3 Å². The minimum absolute atomic E-state index is 0.696. The summed E-state index contributed by atoms with van der Waals surface area (Å²) < 4.78 is 0. The van der Waals surface area contributed by atoms with Crippen LogP contribution in [-0.2, 0) is 0 Å². The summed E-state index contributed by atoms with van der Waals surface area (Å²) in [6.07, 6.45) is 1.60. The minimum Gasteiger partial charge on any atom is -0.339 e. The Morgan fingerprint density at radius 1 is 1.00 bits per heavy atom. The number of aromatic nitrogens is 3. The lowest BCUT2D eigenvalue weighted by Crippen LogP contribution is -1.95. The second-order valence-corrected chi connectivity index (χ2v) is 2.50. The predicted octanol–water partition coefficient (Wildman–Crippen LogP) is 1.62. The summed E-state index contributed by atoms with van der Waals surface area (Å²) in [5, 5.41) is 14.0. The lowest BCUT2D eigenvalue weighted by molar-refractivity contribution is 0.871. The van der Waals surface area contributed by atoms with E-state index >= 15 is 0 Å². The number of nitrogens with one attached hydrogen (secondary N) is 1. The summed E-state index contributed by atoms with van der Waals surface area (Å²) in [7, 11) is 0. The molecule has 0 saturated carbocycles. The van der Waals surface area contributed by atoms with Crippen molar-refractivity contribution in [1.82, 2.24) is 15.4 Å². The van der Waals surface area contributed by atoms with Gasteiger partial charge in [-0.2, -0.15) is 0 Å². The summed E-state index contributed by atoms with van der Waals surface area (Å²) in [5.41, 5.74) is 0.989. The Hall–Kier alpha value is -1.97. The van der Waals surface area contributed by atoms with Crippen molar-refractivity contribution in [2.45, 2.75) is 0 Å². The summed E-state index contributed by atoms with van der Waals surface area (Å²) >= 11 is 0. The van der Waals surface area contributed by atoms with Crippen molar-refractivity contribution in [3.8, 4) is 0 Å². The van der Waals surface area contributed by atoms with Crippen LogP contribution >= 0.6 is 0 Å². The Balaban J connectivity index is 2.16. The number of para-hydroxylation sites is 1. The van der Waals surface area contributed by atoms with Crippen molar-refractivity contribution in [3.63, 3.8) is 0 Å². The normalized spacial score (nSPS) is 9.54. The van der Waals surface area contributed by atoms with Crippen LogP contribution in [0.3, 0.4) is 0 Å². The van der Waals surface area contributed by atoms with Crippen LogP contribution in [0.25, 0.3) is 0 Å². The Morgan fingerprint density at radius 3 is 2.54 bits per heavy atom. The molecule has 4 heteroatoms. The van der Waals surface area contributed by atoms with Gasteiger partial charge in [0.15, 0.2) is 5.82 Å². The molecule has 0 saturated heterocycles. The van der Waals surface area contributed by atoms with Gasteiger partial charge in [0.1, 0.15) is 0 Å². The lowest BCUT2D eigenvalue weighted by atomic mass is 10.3. The number of rotatable bonds is 2. The maximum atomic E-state index is 3.80. The van der Waals surface area contributed by atoms with E-state index in [4.69, 9.17) is 0 Å². The molecule has 0 aliphatic carbocycles. The molecule has 0 amide bonds. The molecule has 13 heavy (non-hydrogen) atoms. The van der Waals surface area contributed by atoms with Crippen molar-refractivity contribution >= 4 is 11.5 Å². The molecule has 2 aromatic rings. The van der Waals surface area contributed by atoms with Crippen LogP contribution in [-0.4, -0.2) is 15.4 Å². The molecule has 1 heterocycles. The van der Waals surface area contributed by atoms with E-state index in [2.05, 4.69) is 20.7 Å². The molecule has 0 unspecified atom stereocenters. The first kappa shape index (κ1) is 7.67. The lowest BCUT2D eigenvalue weighted by Gasteiger charge is -2.01. The van der Waals surface area contributed by atoms with Gasteiger partial charge in [0.2, 0.25) is 0 Å². The predicted molar refractivity (Wildman–Crippen MR) is 49.6 cm³/mol. The zero-order valence-electron chi connectivity index (χ0n) is 6.88. The van der Waals surface area contributed by atoms with Gasteiger partial charge >= 0.3 is 0 Å². The van der Waals surface area contributed by atoms with Crippen molar-refractivity contribution in [1.29, 1.82) is 0 Å². The zero-order chi connectivity index (χ0) is 8.93. The Morgan fingerprint density at radius 2 is 1.85 bits per heavy atom. The van der Waals surface area contributed by atoms with Gasteiger partial charge in [-0.3, -0.25) is 0 Å². The fourth-order valence-electron chi connectivity index (χ4n) is 0.977. The number of benzene rings is 1. The van der Waals surface area contributed by atoms with Crippen LogP contribution in [0.1, 0.15) is 0 Å². The van der Waals surface area contributed by atoms with Crippen LogP contribution in [0, 0.1) is 0 Å². The Kier molecular flexibility index (Phi) is 2.14. The standard InChI is InChI=1S/C9H8N4/c1-2-4-8(5-3-1)11-9-6-7-10-13-12-9/h1-7H,(H,10,11,12). The molecule has 0 spiro atoms. The van der Waals surface area contributed by atoms with Crippen molar-refractivity contribution in [3.05, 3.63) is 42.6 Å². The summed E-state index contributed by atoms with van der Waals surface area (Å²) in [6.45, 7) is 0. The van der Waals surface area contributed by atoms with E-state index in [1.165, 1.54) is 0 Å².